The number of oxazole rings is 1. The Kier molecular flexibility index (Phi) is 5.48. The summed E-state index contributed by atoms with van der Waals surface area (Å²) in [6.07, 6.45) is 2.23. The Morgan fingerprint density at radius 1 is 1.03 bits per heavy atom. The van der Waals surface area contributed by atoms with Crippen LogP contribution in [0.3, 0.4) is 0 Å². The molecule has 0 saturated carbocycles. The Bertz CT molecular complexity index is 1450. The van der Waals surface area contributed by atoms with E-state index in [0.29, 0.717) is 35.1 Å². The first kappa shape index (κ1) is 20.7. The summed E-state index contributed by atoms with van der Waals surface area (Å²) < 4.78 is 12.0. The lowest BCUT2D eigenvalue weighted by Gasteiger charge is -2.13. The molecule has 0 fully saturated rings. The molecule has 1 N–H and O–H groups in total. The first-order valence-electron chi connectivity index (χ1n) is 10.8. The molecular weight excluding hydrogens is 414 g/mol. The molecule has 3 aromatic carbocycles. The van der Waals surface area contributed by atoms with Gasteiger partial charge < -0.3 is 14.5 Å². The third-order valence-electron chi connectivity index (χ3n) is 5.67. The van der Waals surface area contributed by atoms with Gasteiger partial charge in [0.05, 0.1) is 0 Å². The molecule has 0 saturated heterocycles. The van der Waals surface area contributed by atoms with Crippen LogP contribution in [0.4, 0.5) is 0 Å². The molecule has 6 nitrogen and oxygen atoms in total. The summed E-state index contributed by atoms with van der Waals surface area (Å²) in [5, 5.41) is 5.05. The van der Waals surface area contributed by atoms with Crippen LogP contribution in [0.25, 0.3) is 21.9 Å². The van der Waals surface area contributed by atoms with Crippen molar-refractivity contribution in [2.75, 3.05) is 7.05 Å². The maximum atomic E-state index is 11.8. The predicted molar refractivity (Wildman–Crippen MR) is 128 cm³/mol. The minimum absolute atomic E-state index is 0.250. The monoisotopic (exact) mass is 437 g/mol. The van der Waals surface area contributed by atoms with E-state index in [1.165, 1.54) is 16.3 Å². The van der Waals surface area contributed by atoms with Crippen molar-refractivity contribution in [3.63, 3.8) is 0 Å². The molecule has 2 aromatic heterocycles. The highest BCUT2D eigenvalue weighted by Gasteiger charge is 2.15. The van der Waals surface area contributed by atoms with E-state index in [2.05, 4.69) is 64.7 Å². The summed E-state index contributed by atoms with van der Waals surface area (Å²) in [5.41, 5.74) is 3.01. The van der Waals surface area contributed by atoms with Gasteiger partial charge in [-0.1, -0.05) is 49.4 Å². The largest absolute Gasteiger partial charge is 0.457 e. The Balaban J connectivity index is 1.37. The van der Waals surface area contributed by atoms with Crippen LogP contribution in [0.5, 0.6) is 11.5 Å². The van der Waals surface area contributed by atoms with E-state index in [1.807, 2.05) is 18.2 Å². The van der Waals surface area contributed by atoms with Crippen LogP contribution in [-0.2, 0) is 6.42 Å². The topological polar surface area (TPSA) is 77.2 Å². The summed E-state index contributed by atoms with van der Waals surface area (Å²) in [5.74, 6) is 1.79. The molecule has 164 valence electrons. The van der Waals surface area contributed by atoms with E-state index in [9.17, 15) is 4.79 Å². The van der Waals surface area contributed by atoms with Crippen LogP contribution in [-0.4, -0.2) is 22.9 Å². The van der Waals surface area contributed by atoms with Crippen molar-refractivity contribution in [1.29, 1.82) is 0 Å². The quantitative estimate of drug-likeness (QED) is 0.359. The highest BCUT2D eigenvalue weighted by atomic mass is 16.5. The predicted octanol–water partition coefficient (Wildman–Crippen LogP) is 5.87. The number of benzene rings is 3. The first-order chi connectivity index (χ1) is 16.1. The Hall–Kier alpha value is -4.19. The highest BCUT2D eigenvalue weighted by molar-refractivity contribution is 5.92. The van der Waals surface area contributed by atoms with Crippen molar-refractivity contribution in [3.05, 3.63) is 96.1 Å². The van der Waals surface area contributed by atoms with Crippen LogP contribution < -0.4 is 10.1 Å². The number of aromatic nitrogens is 2. The summed E-state index contributed by atoms with van der Waals surface area (Å²) in [6.45, 7) is 2.19. The Labute approximate surface area is 191 Å². The molecule has 2 heterocycles. The third-order valence-corrected chi connectivity index (χ3v) is 5.67. The zero-order valence-corrected chi connectivity index (χ0v) is 18.4. The molecule has 1 atom stereocenters. The van der Waals surface area contributed by atoms with Crippen LogP contribution >= 0.6 is 0 Å². The van der Waals surface area contributed by atoms with Crippen LogP contribution in [0, 0.1) is 0 Å². The number of hydrogen-bond donors (Lipinski definition) is 1. The van der Waals surface area contributed by atoms with Crippen molar-refractivity contribution < 1.29 is 13.9 Å². The van der Waals surface area contributed by atoms with Gasteiger partial charge in [0.25, 0.3) is 5.91 Å². The number of amides is 1. The lowest BCUT2D eigenvalue weighted by molar-refractivity contribution is 0.0958. The number of nitrogens with one attached hydrogen (secondary N) is 1. The van der Waals surface area contributed by atoms with Crippen LogP contribution in [0.1, 0.15) is 34.8 Å². The summed E-state index contributed by atoms with van der Waals surface area (Å²) in [7, 11) is 1.56. The Morgan fingerprint density at radius 2 is 1.85 bits per heavy atom. The second kappa shape index (κ2) is 8.74. The van der Waals surface area contributed by atoms with E-state index in [1.54, 1.807) is 25.4 Å². The molecule has 1 amide bonds. The minimum atomic E-state index is -0.268. The normalized spacial score (nSPS) is 12.1. The van der Waals surface area contributed by atoms with Gasteiger partial charge in [0, 0.05) is 31.8 Å². The Morgan fingerprint density at radius 3 is 2.73 bits per heavy atom. The van der Waals surface area contributed by atoms with E-state index >= 15 is 0 Å². The molecule has 6 heteroatoms. The van der Waals surface area contributed by atoms with Gasteiger partial charge in [-0.3, -0.25) is 9.78 Å². The molecule has 0 radical (unpaired) electrons. The number of nitrogens with zero attached hydrogens (tertiary/aromatic N) is 2. The van der Waals surface area contributed by atoms with Gasteiger partial charge in [-0.25, -0.2) is 4.98 Å². The van der Waals surface area contributed by atoms with Crippen molar-refractivity contribution in [3.8, 4) is 11.5 Å². The summed E-state index contributed by atoms with van der Waals surface area (Å²) in [4.78, 5) is 20.5. The van der Waals surface area contributed by atoms with Crippen molar-refractivity contribution in [2.45, 2.75) is 19.3 Å². The minimum Gasteiger partial charge on any atom is -0.457 e. The molecule has 0 spiro atoms. The fourth-order valence-corrected chi connectivity index (χ4v) is 4.02. The zero-order chi connectivity index (χ0) is 22.8. The standard InChI is InChI=1S/C27H23N3O3/c1-17(21-9-5-7-18-6-3-4-8-22(18)21)14-26-30-23-11-10-19(16-25(23)33-26)32-20-12-13-29-24(15-20)27(31)28-2/h3-13,15-17H,14H2,1-2H3,(H,28,31)/t17-/m0/s1. The number of rotatable bonds is 6. The molecule has 5 rings (SSSR count). The van der Waals surface area contributed by atoms with Gasteiger partial charge in [-0.05, 0) is 40.5 Å². The molecule has 0 aliphatic carbocycles. The molecular formula is C27H23N3O3. The van der Waals surface area contributed by atoms with Crippen molar-refractivity contribution in [1.82, 2.24) is 15.3 Å². The maximum absolute atomic E-state index is 11.8. The number of carbonyl (C=O) groups excluding carboxylic acids is 1. The molecule has 0 unspecified atom stereocenters. The van der Waals surface area contributed by atoms with Gasteiger partial charge in [-0.2, -0.15) is 0 Å². The van der Waals surface area contributed by atoms with E-state index < -0.39 is 0 Å². The van der Waals surface area contributed by atoms with Crippen LogP contribution in [0.15, 0.2) is 83.4 Å². The fraction of sp³-hybridized carbons (Fsp3) is 0.148. The average molecular weight is 437 g/mol. The van der Waals surface area contributed by atoms with E-state index in [-0.39, 0.29) is 11.8 Å². The lowest BCUT2D eigenvalue weighted by atomic mass is 9.92. The van der Waals surface area contributed by atoms with E-state index in [0.717, 1.165) is 5.52 Å². The van der Waals surface area contributed by atoms with Crippen molar-refractivity contribution in [2.24, 2.45) is 0 Å². The second-order valence-corrected chi connectivity index (χ2v) is 7.97. The summed E-state index contributed by atoms with van der Waals surface area (Å²) >= 11 is 0. The molecule has 0 aliphatic rings. The molecule has 0 aliphatic heterocycles. The first-order valence-corrected chi connectivity index (χ1v) is 10.8. The molecule has 0 bridgehead atoms. The number of hydrogen-bond acceptors (Lipinski definition) is 5. The second-order valence-electron chi connectivity index (χ2n) is 7.97. The smallest absolute Gasteiger partial charge is 0.269 e. The van der Waals surface area contributed by atoms with Gasteiger partial charge in [-0.15, -0.1) is 0 Å². The fourth-order valence-electron chi connectivity index (χ4n) is 4.02. The highest BCUT2D eigenvalue weighted by Crippen LogP contribution is 2.30. The van der Waals surface area contributed by atoms with Crippen molar-refractivity contribution >= 4 is 27.8 Å². The number of pyridine rings is 1. The molecule has 33 heavy (non-hydrogen) atoms. The zero-order valence-electron chi connectivity index (χ0n) is 18.4. The van der Waals surface area contributed by atoms with E-state index in [4.69, 9.17) is 9.15 Å². The lowest BCUT2D eigenvalue weighted by Crippen LogP contribution is -2.18. The van der Waals surface area contributed by atoms with Gasteiger partial charge in [0.1, 0.15) is 22.7 Å². The average Bonchev–Trinajstić information content (AvgIpc) is 3.24. The third kappa shape index (κ3) is 4.28. The SMILES string of the molecule is CNC(=O)c1cc(Oc2ccc3nc(C[C@H](C)c4cccc5ccccc45)oc3c2)ccn1. The van der Waals surface area contributed by atoms with Gasteiger partial charge in [0.15, 0.2) is 11.5 Å². The van der Waals surface area contributed by atoms with Crippen LogP contribution in [0.2, 0.25) is 0 Å². The van der Waals surface area contributed by atoms with Gasteiger partial charge >= 0.3 is 0 Å². The summed E-state index contributed by atoms with van der Waals surface area (Å²) in [6, 6.07) is 23.6. The van der Waals surface area contributed by atoms with Gasteiger partial charge in [0.2, 0.25) is 0 Å². The number of carbonyl (C=O) groups is 1. The number of fused-ring (bicyclic) bond motifs is 2. The molecule has 5 aromatic rings. The number of ether oxygens (including phenoxy) is 1. The maximum Gasteiger partial charge on any atom is 0.269 e.